The second-order valence-electron chi connectivity index (χ2n) is 3.85. The molecule has 0 aliphatic rings. The molecule has 0 saturated heterocycles. The van der Waals surface area contributed by atoms with Crippen molar-refractivity contribution in [3.63, 3.8) is 0 Å². The van der Waals surface area contributed by atoms with Gasteiger partial charge in [0.1, 0.15) is 0 Å². The van der Waals surface area contributed by atoms with E-state index in [4.69, 9.17) is 5.73 Å². The van der Waals surface area contributed by atoms with Crippen molar-refractivity contribution in [2.45, 2.75) is 45.1 Å². The van der Waals surface area contributed by atoms with Crippen LogP contribution in [0.4, 0.5) is 0 Å². The van der Waals surface area contributed by atoms with Gasteiger partial charge in [0.2, 0.25) is 5.91 Å². The number of unbranched alkanes of at least 4 members (excludes halogenated alkanes) is 2. The van der Waals surface area contributed by atoms with Gasteiger partial charge in [-0.05, 0) is 32.9 Å². The Morgan fingerprint density at radius 3 is 2.60 bits per heavy atom. The molecule has 4 heteroatoms. The SMILES string of the molecule is CCCNC(=O)C(N)CCCCCNC. The monoisotopic (exact) mass is 215 g/mol. The predicted octanol–water partition coefficient (Wildman–Crippen LogP) is 0.620. The average molecular weight is 215 g/mol. The van der Waals surface area contributed by atoms with Crippen LogP contribution in [0.1, 0.15) is 39.0 Å². The van der Waals surface area contributed by atoms with Gasteiger partial charge in [0.25, 0.3) is 0 Å². The van der Waals surface area contributed by atoms with E-state index in [1.54, 1.807) is 0 Å². The van der Waals surface area contributed by atoms with Gasteiger partial charge in [-0.15, -0.1) is 0 Å². The minimum absolute atomic E-state index is 0.00883. The molecule has 1 amide bonds. The smallest absolute Gasteiger partial charge is 0.236 e. The summed E-state index contributed by atoms with van der Waals surface area (Å²) in [5.41, 5.74) is 5.75. The van der Waals surface area contributed by atoms with E-state index in [2.05, 4.69) is 10.6 Å². The summed E-state index contributed by atoms with van der Waals surface area (Å²) in [6, 6.07) is -0.328. The highest BCUT2D eigenvalue weighted by molar-refractivity contribution is 5.81. The summed E-state index contributed by atoms with van der Waals surface area (Å²) in [6.07, 6.45) is 5.07. The zero-order chi connectivity index (χ0) is 11.5. The fourth-order valence-electron chi connectivity index (χ4n) is 1.35. The number of carbonyl (C=O) groups is 1. The maximum Gasteiger partial charge on any atom is 0.236 e. The van der Waals surface area contributed by atoms with Crippen LogP contribution in [0.3, 0.4) is 0 Å². The quantitative estimate of drug-likeness (QED) is 0.494. The third-order valence-corrected chi connectivity index (χ3v) is 2.33. The summed E-state index contributed by atoms with van der Waals surface area (Å²) in [7, 11) is 1.95. The molecule has 0 saturated carbocycles. The Balaban J connectivity index is 3.38. The van der Waals surface area contributed by atoms with Gasteiger partial charge < -0.3 is 16.4 Å². The van der Waals surface area contributed by atoms with Crippen molar-refractivity contribution in [2.75, 3.05) is 20.1 Å². The summed E-state index contributed by atoms with van der Waals surface area (Å²) >= 11 is 0. The molecule has 0 aromatic carbocycles. The van der Waals surface area contributed by atoms with Crippen molar-refractivity contribution in [3.8, 4) is 0 Å². The van der Waals surface area contributed by atoms with Gasteiger partial charge in [-0.2, -0.15) is 0 Å². The van der Waals surface area contributed by atoms with Crippen molar-refractivity contribution in [2.24, 2.45) is 5.73 Å². The Morgan fingerprint density at radius 1 is 1.27 bits per heavy atom. The maximum atomic E-state index is 11.4. The van der Waals surface area contributed by atoms with Crippen LogP contribution < -0.4 is 16.4 Å². The van der Waals surface area contributed by atoms with Crippen LogP contribution in [-0.2, 0) is 4.79 Å². The highest BCUT2D eigenvalue weighted by atomic mass is 16.2. The minimum Gasteiger partial charge on any atom is -0.355 e. The molecule has 15 heavy (non-hydrogen) atoms. The average Bonchev–Trinajstić information content (AvgIpc) is 2.25. The number of hydrogen-bond acceptors (Lipinski definition) is 3. The van der Waals surface area contributed by atoms with Crippen LogP contribution in [0.5, 0.6) is 0 Å². The predicted molar refractivity (Wildman–Crippen MR) is 63.7 cm³/mol. The third kappa shape index (κ3) is 8.39. The first-order valence-corrected chi connectivity index (χ1v) is 5.90. The van der Waals surface area contributed by atoms with Crippen LogP contribution in [0.2, 0.25) is 0 Å². The Bertz CT molecular complexity index is 162. The molecule has 90 valence electrons. The van der Waals surface area contributed by atoms with Gasteiger partial charge in [-0.1, -0.05) is 19.8 Å². The number of nitrogens with one attached hydrogen (secondary N) is 2. The minimum atomic E-state index is -0.328. The zero-order valence-electron chi connectivity index (χ0n) is 10.0. The molecule has 4 N–H and O–H groups in total. The topological polar surface area (TPSA) is 67.2 Å². The molecule has 0 aliphatic heterocycles. The van der Waals surface area contributed by atoms with Crippen molar-refractivity contribution >= 4 is 5.91 Å². The van der Waals surface area contributed by atoms with Crippen LogP contribution in [0.15, 0.2) is 0 Å². The molecule has 0 rings (SSSR count). The summed E-state index contributed by atoms with van der Waals surface area (Å²) in [5, 5.41) is 5.90. The molecule has 1 unspecified atom stereocenters. The Kier molecular flexibility index (Phi) is 9.52. The second kappa shape index (κ2) is 9.93. The summed E-state index contributed by atoms with van der Waals surface area (Å²) < 4.78 is 0. The summed E-state index contributed by atoms with van der Waals surface area (Å²) in [4.78, 5) is 11.4. The van der Waals surface area contributed by atoms with E-state index in [1.165, 1.54) is 0 Å². The van der Waals surface area contributed by atoms with E-state index in [1.807, 2.05) is 14.0 Å². The van der Waals surface area contributed by atoms with E-state index < -0.39 is 0 Å². The number of hydrogen-bond donors (Lipinski definition) is 3. The normalized spacial score (nSPS) is 12.5. The number of carbonyl (C=O) groups excluding carboxylic acids is 1. The molecule has 1 atom stereocenters. The third-order valence-electron chi connectivity index (χ3n) is 2.33. The van der Waals surface area contributed by atoms with Crippen molar-refractivity contribution in [1.82, 2.24) is 10.6 Å². The standard InChI is InChI=1S/C11H25N3O/c1-3-8-14-11(15)10(12)7-5-4-6-9-13-2/h10,13H,3-9,12H2,1-2H3,(H,14,15). The van der Waals surface area contributed by atoms with E-state index in [0.29, 0.717) is 0 Å². The first kappa shape index (κ1) is 14.4. The second-order valence-corrected chi connectivity index (χ2v) is 3.85. The molecule has 0 aliphatic carbocycles. The molecule has 0 heterocycles. The summed E-state index contributed by atoms with van der Waals surface area (Å²) in [6.45, 7) is 3.80. The van der Waals surface area contributed by atoms with Crippen LogP contribution in [0.25, 0.3) is 0 Å². The first-order chi connectivity index (χ1) is 7.22. The molecule has 0 spiro atoms. The molecular weight excluding hydrogens is 190 g/mol. The lowest BCUT2D eigenvalue weighted by molar-refractivity contribution is -0.122. The number of nitrogens with two attached hydrogens (primary N) is 1. The van der Waals surface area contributed by atoms with Crippen LogP contribution in [-0.4, -0.2) is 32.1 Å². The first-order valence-electron chi connectivity index (χ1n) is 5.90. The van der Waals surface area contributed by atoms with Crippen LogP contribution in [0, 0.1) is 0 Å². The lowest BCUT2D eigenvalue weighted by Crippen LogP contribution is -2.40. The highest BCUT2D eigenvalue weighted by Crippen LogP contribution is 2.01. The Labute approximate surface area is 93.0 Å². The zero-order valence-corrected chi connectivity index (χ0v) is 10.0. The fraction of sp³-hybridized carbons (Fsp3) is 0.909. The van der Waals surface area contributed by atoms with Crippen molar-refractivity contribution < 1.29 is 4.79 Å². The van der Waals surface area contributed by atoms with E-state index in [-0.39, 0.29) is 11.9 Å². The lowest BCUT2D eigenvalue weighted by atomic mass is 10.1. The van der Waals surface area contributed by atoms with Gasteiger partial charge in [0.15, 0.2) is 0 Å². The summed E-state index contributed by atoms with van der Waals surface area (Å²) in [5.74, 6) is -0.00883. The van der Waals surface area contributed by atoms with E-state index in [0.717, 1.165) is 45.2 Å². The highest BCUT2D eigenvalue weighted by Gasteiger charge is 2.11. The number of rotatable bonds is 9. The van der Waals surface area contributed by atoms with Crippen molar-refractivity contribution in [3.05, 3.63) is 0 Å². The molecule has 0 aromatic heterocycles. The van der Waals surface area contributed by atoms with E-state index in [9.17, 15) is 4.79 Å². The van der Waals surface area contributed by atoms with Crippen LogP contribution >= 0.6 is 0 Å². The van der Waals surface area contributed by atoms with Gasteiger partial charge >= 0.3 is 0 Å². The Morgan fingerprint density at radius 2 is 2.00 bits per heavy atom. The number of amides is 1. The molecule has 0 aromatic rings. The molecule has 0 radical (unpaired) electrons. The largest absolute Gasteiger partial charge is 0.355 e. The van der Waals surface area contributed by atoms with Gasteiger partial charge in [0, 0.05) is 6.54 Å². The fourth-order valence-corrected chi connectivity index (χ4v) is 1.35. The van der Waals surface area contributed by atoms with Crippen molar-refractivity contribution in [1.29, 1.82) is 0 Å². The molecule has 0 bridgehead atoms. The lowest BCUT2D eigenvalue weighted by Gasteiger charge is -2.11. The van der Waals surface area contributed by atoms with E-state index >= 15 is 0 Å². The molecule has 0 fully saturated rings. The van der Waals surface area contributed by atoms with Gasteiger partial charge in [-0.3, -0.25) is 4.79 Å². The molecule has 4 nitrogen and oxygen atoms in total. The van der Waals surface area contributed by atoms with Gasteiger partial charge in [0.05, 0.1) is 6.04 Å². The Hall–Kier alpha value is -0.610. The van der Waals surface area contributed by atoms with Gasteiger partial charge in [-0.25, -0.2) is 0 Å². The maximum absolute atomic E-state index is 11.4. The molecular formula is C11H25N3O.